The number of amides is 1. The summed E-state index contributed by atoms with van der Waals surface area (Å²) in [5.41, 5.74) is 2.64. The van der Waals surface area contributed by atoms with Gasteiger partial charge in [0.2, 0.25) is 0 Å². The lowest BCUT2D eigenvalue weighted by molar-refractivity contribution is 0.0951. The van der Waals surface area contributed by atoms with Gasteiger partial charge >= 0.3 is 0 Å². The average molecular weight is 324 g/mol. The molecule has 0 saturated carbocycles. The fourth-order valence-corrected chi connectivity index (χ4v) is 2.89. The van der Waals surface area contributed by atoms with Crippen molar-refractivity contribution in [2.75, 3.05) is 39.3 Å². The van der Waals surface area contributed by atoms with Crippen molar-refractivity contribution in [3.8, 4) is 11.1 Å². The molecule has 1 aliphatic heterocycles. The van der Waals surface area contributed by atoms with Gasteiger partial charge in [0.15, 0.2) is 0 Å². The molecule has 24 heavy (non-hydrogen) atoms. The van der Waals surface area contributed by atoms with Crippen LogP contribution in [-0.4, -0.2) is 55.1 Å². The van der Waals surface area contributed by atoms with Crippen LogP contribution in [0.2, 0.25) is 0 Å². The Morgan fingerprint density at radius 1 is 1.12 bits per heavy atom. The van der Waals surface area contributed by atoms with Crippen molar-refractivity contribution in [1.82, 2.24) is 20.5 Å². The summed E-state index contributed by atoms with van der Waals surface area (Å²) in [6.45, 7) is 6.03. The summed E-state index contributed by atoms with van der Waals surface area (Å²) in [5.74, 6) is -0.0550. The molecule has 5 heteroatoms. The monoisotopic (exact) mass is 324 g/mol. The van der Waals surface area contributed by atoms with E-state index in [0.29, 0.717) is 12.1 Å². The number of piperazine rings is 1. The number of aromatic nitrogens is 1. The van der Waals surface area contributed by atoms with E-state index in [2.05, 4.69) is 20.5 Å². The van der Waals surface area contributed by atoms with Crippen LogP contribution in [0.5, 0.6) is 0 Å². The highest BCUT2D eigenvalue weighted by Crippen LogP contribution is 2.18. The number of nitrogens with zero attached hydrogens (tertiary/aromatic N) is 2. The van der Waals surface area contributed by atoms with Gasteiger partial charge in [0, 0.05) is 50.7 Å². The molecule has 1 fully saturated rings. The Bertz CT molecular complexity index is 653. The summed E-state index contributed by atoms with van der Waals surface area (Å²) in [5, 5.41) is 6.34. The van der Waals surface area contributed by atoms with E-state index in [0.717, 1.165) is 50.3 Å². The van der Waals surface area contributed by atoms with Crippen molar-refractivity contribution < 1.29 is 4.79 Å². The number of carbonyl (C=O) groups excluding carboxylic acids is 1. The molecule has 1 amide bonds. The zero-order valence-electron chi connectivity index (χ0n) is 13.9. The molecule has 1 aromatic heterocycles. The van der Waals surface area contributed by atoms with Gasteiger partial charge in [0.05, 0.1) is 5.56 Å². The lowest BCUT2D eigenvalue weighted by Gasteiger charge is -2.27. The molecular formula is C19H24N4O. The van der Waals surface area contributed by atoms with Crippen LogP contribution in [0.25, 0.3) is 11.1 Å². The minimum Gasteiger partial charge on any atom is -0.352 e. The van der Waals surface area contributed by atoms with E-state index < -0.39 is 0 Å². The zero-order chi connectivity index (χ0) is 16.6. The summed E-state index contributed by atoms with van der Waals surface area (Å²) in [6.07, 6.45) is 4.38. The van der Waals surface area contributed by atoms with E-state index in [1.165, 1.54) is 0 Å². The van der Waals surface area contributed by atoms with Crippen molar-refractivity contribution in [3.05, 3.63) is 54.4 Å². The molecule has 0 atom stereocenters. The molecule has 2 N–H and O–H groups in total. The van der Waals surface area contributed by atoms with Crippen LogP contribution in [0.15, 0.2) is 48.8 Å². The molecule has 1 aromatic carbocycles. The molecule has 0 radical (unpaired) electrons. The van der Waals surface area contributed by atoms with Gasteiger partial charge in [-0.05, 0) is 24.6 Å². The molecule has 126 valence electrons. The molecule has 3 rings (SSSR count). The van der Waals surface area contributed by atoms with E-state index in [1.54, 1.807) is 12.4 Å². The Kier molecular flexibility index (Phi) is 5.93. The smallest absolute Gasteiger partial charge is 0.252 e. The lowest BCUT2D eigenvalue weighted by Crippen LogP contribution is -2.44. The highest BCUT2D eigenvalue weighted by Gasteiger charge is 2.10. The largest absolute Gasteiger partial charge is 0.352 e. The third-order valence-electron chi connectivity index (χ3n) is 4.25. The number of benzene rings is 1. The quantitative estimate of drug-likeness (QED) is 0.795. The molecule has 1 saturated heterocycles. The van der Waals surface area contributed by atoms with Gasteiger partial charge in [0.25, 0.3) is 5.91 Å². The number of rotatable bonds is 6. The average Bonchev–Trinajstić information content (AvgIpc) is 2.67. The molecule has 2 heterocycles. The van der Waals surface area contributed by atoms with Gasteiger partial charge < -0.3 is 15.5 Å². The summed E-state index contributed by atoms with van der Waals surface area (Å²) in [6, 6.07) is 11.9. The SMILES string of the molecule is O=C(NCCCN1CCNCC1)c1cncc(-c2ccccc2)c1. The molecule has 0 spiro atoms. The van der Waals surface area contributed by atoms with Crippen molar-refractivity contribution in [3.63, 3.8) is 0 Å². The maximum atomic E-state index is 12.3. The van der Waals surface area contributed by atoms with Crippen LogP contribution >= 0.6 is 0 Å². The van der Waals surface area contributed by atoms with Gasteiger partial charge in [-0.2, -0.15) is 0 Å². The topological polar surface area (TPSA) is 57.3 Å². The molecule has 0 bridgehead atoms. The summed E-state index contributed by atoms with van der Waals surface area (Å²) in [7, 11) is 0. The third kappa shape index (κ3) is 4.63. The van der Waals surface area contributed by atoms with Crippen LogP contribution < -0.4 is 10.6 Å². The lowest BCUT2D eigenvalue weighted by atomic mass is 10.1. The van der Waals surface area contributed by atoms with Crippen molar-refractivity contribution in [1.29, 1.82) is 0 Å². The van der Waals surface area contributed by atoms with Crippen LogP contribution in [0.1, 0.15) is 16.8 Å². The maximum Gasteiger partial charge on any atom is 0.252 e. The van der Waals surface area contributed by atoms with Crippen molar-refractivity contribution >= 4 is 5.91 Å². The summed E-state index contributed by atoms with van der Waals surface area (Å²) < 4.78 is 0. The Morgan fingerprint density at radius 2 is 1.92 bits per heavy atom. The Balaban J connectivity index is 1.50. The van der Waals surface area contributed by atoms with Gasteiger partial charge in [0.1, 0.15) is 0 Å². The first-order valence-corrected chi connectivity index (χ1v) is 8.55. The predicted octanol–water partition coefficient (Wildman–Crippen LogP) is 1.77. The fraction of sp³-hybridized carbons (Fsp3) is 0.368. The second-order valence-corrected chi connectivity index (χ2v) is 6.03. The van der Waals surface area contributed by atoms with E-state index in [9.17, 15) is 4.79 Å². The zero-order valence-corrected chi connectivity index (χ0v) is 13.9. The Hall–Kier alpha value is -2.24. The highest BCUT2D eigenvalue weighted by atomic mass is 16.1. The predicted molar refractivity (Wildman–Crippen MR) is 95.9 cm³/mol. The van der Waals surface area contributed by atoms with E-state index in [1.807, 2.05) is 36.4 Å². The Labute approximate surface area is 143 Å². The van der Waals surface area contributed by atoms with Crippen LogP contribution in [0, 0.1) is 0 Å². The van der Waals surface area contributed by atoms with E-state index in [4.69, 9.17) is 0 Å². The third-order valence-corrected chi connectivity index (χ3v) is 4.25. The number of carbonyl (C=O) groups is 1. The minimum atomic E-state index is -0.0550. The summed E-state index contributed by atoms with van der Waals surface area (Å²) in [4.78, 5) is 18.9. The molecule has 5 nitrogen and oxygen atoms in total. The second-order valence-electron chi connectivity index (χ2n) is 6.03. The summed E-state index contributed by atoms with van der Waals surface area (Å²) >= 11 is 0. The molecule has 0 aliphatic carbocycles. The standard InChI is InChI=1S/C19H24N4O/c24-19(22-7-4-10-23-11-8-20-9-12-23)18-13-17(14-21-15-18)16-5-2-1-3-6-16/h1-3,5-6,13-15,20H,4,7-12H2,(H,22,24). The first kappa shape index (κ1) is 16.6. The van der Waals surface area contributed by atoms with E-state index in [-0.39, 0.29) is 5.91 Å². The Morgan fingerprint density at radius 3 is 2.71 bits per heavy atom. The van der Waals surface area contributed by atoms with Crippen LogP contribution in [-0.2, 0) is 0 Å². The normalized spacial score (nSPS) is 15.2. The maximum absolute atomic E-state index is 12.3. The number of pyridine rings is 1. The molecule has 2 aromatic rings. The second kappa shape index (κ2) is 8.57. The minimum absolute atomic E-state index is 0.0550. The first-order chi connectivity index (χ1) is 11.8. The van der Waals surface area contributed by atoms with Crippen LogP contribution in [0.3, 0.4) is 0 Å². The van der Waals surface area contributed by atoms with Gasteiger partial charge in [-0.25, -0.2) is 0 Å². The molecule has 1 aliphatic rings. The highest BCUT2D eigenvalue weighted by molar-refractivity contribution is 5.95. The van der Waals surface area contributed by atoms with Gasteiger partial charge in [-0.1, -0.05) is 30.3 Å². The van der Waals surface area contributed by atoms with Gasteiger partial charge in [-0.3, -0.25) is 9.78 Å². The number of hydrogen-bond donors (Lipinski definition) is 2. The molecule has 0 unspecified atom stereocenters. The van der Waals surface area contributed by atoms with Crippen LogP contribution in [0.4, 0.5) is 0 Å². The van der Waals surface area contributed by atoms with Gasteiger partial charge in [-0.15, -0.1) is 0 Å². The van der Waals surface area contributed by atoms with Crippen molar-refractivity contribution in [2.24, 2.45) is 0 Å². The van der Waals surface area contributed by atoms with Crippen molar-refractivity contribution in [2.45, 2.75) is 6.42 Å². The number of hydrogen-bond acceptors (Lipinski definition) is 4. The fourth-order valence-electron chi connectivity index (χ4n) is 2.89. The van der Waals surface area contributed by atoms with E-state index >= 15 is 0 Å². The number of nitrogens with one attached hydrogen (secondary N) is 2. The molecular weight excluding hydrogens is 300 g/mol. The first-order valence-electron chi connectivity index (χ1n) is 8.55.